The fraction of sp³-hybridized carbons (Fsp3) is 0.917. The van der Waals surface area contributed by atoms with Gasteiger partial charge in [-0.15, -0.1) is 0 Å². The molecular weight excluding hydrogens is 256 g/mol. The zero-order chi connectivity index (χ0) is 14.8. The third-order valence-corrected chi connectivity index (χ3v) is 3.76. The van der Waals surface area contributed by atoms with E-state index >= 15 is 0 Å². The molecule has 1 rings (SSSR count). The van der Waals surface area contributed by atoms with Crippen LogP contribution in [0.2, 0.25) is 0 Å². The van der Waals surface area contributed by atoms with E-state index in [1.807, 2.05) is 0 Å². The molecule has 7 heteroatoms. The number of aliphatic hydroxyl groups is 4. The molecule has 6 atom stereocenters. The van der Waals surface area contributed by atoms with E-state index in [0.29, 0.717) is 0 Å². The van der Waals surface area contributed by atoms with Crippen molar-refractivity contribution in [1.29, 1.82) is 0 Å². The fourth-order valence-electron chi connectivity index (χ4n) is 2.33. The van der Waals surface area contributed by atoms with Crippen LogP contribution in [0.3, 0.4) is 0 Å². The average molecular weight is 278 g/mol. The van der Waals surface area contributed by atoms with Crippen molar-refractivity contribution in [2.45, 2.75) is 44.4 Å². The molecule has 1 aliphatic rings. The monoisotopic (exact) mass is 278 g/mol. The molecular formula is C12H22O7. The molecule has 4 unspecified atom stereocenters. The van der Waals surface area contributed by atoms with Gasteiger partial charge < -0.3 is 29.9 Å². The average Bonchev–Trinajstić information content (AvgIpc) is 2.40. The molecule has 0 aromatic heterocycles. The van der Waals surface area contributed by atoms with Crippen molar-refractivity contribution >= 4 is 5.97 Å². The van der Waals surface area contributed by atoms with Gasteiger partial charge in [0.15, 0.2) is 0 Å². The fourth-order valence-corrected chi connectivity index (χ4v) is 2.33. The first-order valence-electron chi connectivity index (χ1n) is 6.22. The van der Waals surface area contributed by atoms with E-state index in [-0.39, 0.29) is 6.42 Å². The third-order valence-electron chi connectivity index (χ3n) is 3.76. The van der Waals surface area contributed by atoms with Gasteiger partial charge in [0.2, 0.25) is 0 Å². The SMILES string of the molecule is COC(=O)C1(O)CC(O)C(C)C([C@H](C)[C@H](O)CO)O1. The van der Waals surface area contributed by atoms with Gasteiger partial charge >= 0.3 is 5.97 Å². The molecule has 112 valence electrons. The number of ether oxygens (including phenoxy) is 2. The number of aliphatic hydroxyl groups excluding tert-OH is 3. The number of esters is 1. The summed E-state index contributed by atoms with van der Waals surface area (Å²) in [5.41, 5.74) is 0. The molecule has 1 aliphatic heterocycles. The Hall–Kier alpha value is -0.730. The summed E-state index contributed by atoms with van der Waals surface area (Å²) in [5, 5.41) is 38.6. The Labute approximate surface area is 111 Å². The van der Waals surface area contributed by atoms with Crippen LogP contribution in [0.4, 0.5) is 0 Å². The highest BCUT2D eigenvalue weighted by atomic mass is 16.7. The highest BCUT2D eigenvalue weighted by Gasteiger charge is 2.51. The zero-order valence-corrected chi connectivity index (χ0v) is 11.3. The van der Waals surface area contributed by atoms with Gasteiger partial charge in [-0.1, -0.05) is 13.8 Å². The summed E-state index contributed by atoms with van der Waals surface area (Å²) in [4.78, 5) is 11.5. The van der Waals surface area contributed by atoms with E-state index in [9.17, 15) is 20.1 Å². The molecule has 1 heterocycles. The molecule has 0 amide bonds. The van der Waals surface area contributed by atoms with Crippen molar-refractivity contribution in [2.24, 2.45) is 11.8 Å². The topological polar surface area (TPSA) is 116 Å². The predicted octanol–water partition coefficient (Wildman–Crippen LogP) is -1.38. The third kappa shape index (κ3) is 3.24. The number of carbonyl (C=O) groups excluding carboxylic acids is 1. The molecule has 1 saturated heterocycles. The van der Waals surface area contributed by atoms with Crippen molar-refractivity contribution in [1.82, 2.24) is 0 Å². The molecule has 0 radical (unpaired) electrons. The number of carbonyl (C=O) groups is 1. The Morgan fingerprint density at radius 3 is 2.63 bits per heavy atom. The standard InChI is InChI=1S/C12H22O7/c1-6-8(14)4-12(17,11(16)18-3)19-10(6)7(2)9(15)5-13/h6-10,13-15,17H,4-5H2,1-3H3/t6?,7-,8?,9-,10?,12?/m1/s1. The summed E-state index contributed by atoms with van der Waals surface area (Å²) in [5.74, 6) is -4.18. The van der Waals surface area contributed by atoms with Gasteiger partial charge in [-0.25, -0.2) is 4.79 Å². The number of rotatable bonds is 4. The van der Waals surface area contributed by atoms with Gasteiger partial charge in [0.05, 0.1) is 32.0 Å². The summed E-state index contributed by atoms with van der Waals surface area (Å²) >= 11 is 0. The van der Waals surface area contributed by atoms with Crippen LogP contribution in [-0.4, -0.2) is 64.2 Å². The van der Waals surface area contributed by atoms with E-state index in [1.54, 1.807) is 13.8 Å². The van der Waals surface area contributed by atoms with Gasteiger partial charge in [-0.3, -0.25) is 0 Å². The molecule has 1 fully saturated rings. The Bertz CT molecular complexity index is 321. The van der Waals surface area contributed by atoms with Crippen LogP contribution in [0, 0.1) is 11.8 Å². The normalized spacial score (nSPS) is 38.6. The molecule has 19 heavy (non-hydrogen) atoms. The van der Waals surface area contributed by atoms with Gasteiger partial charge in [-0.2, -0.15) is 0 Å². The van der Waals surface area contributed by atoms with Crippen LogP contribution < -0.4 is 0 Å². The first-order chi connectivity index (χ1) is 8.76. The van der Waals surface area contributed by atoms with Crippen LogP contribution in [0.15, 0.2) is 0 Å². The van der Waals surface area contributed by atoms with Crippen molar-refractivity contribution in [3.8, 4) is 0 Å². The van der Waals surface area contributed by atoms with Crippen molar-refractivity contribution in [3.63, 3.8) is 0 Å². The second-order valence-corrected chi connectivity index (χ2v) is 5.10. The maximum absolute atomic E-state index is 11.5. The number of methoxy groups -OCH3 is 1. The largest absolute Gasteiger partial charge is 0.465 e. The summed E-state index contributed by atoms with van der Waals surface area (Å²) in [6.07, 6.45) is -3.12. The first kappa shape index (κ1) is 16.3. The lowest BCUT2D eigenvalue weighted by Gasteiger charge is -2.44. The van der Waals surface area contributed by atoms with Crippen LogP contribution >= 0.6 is 0 Å². The molecule has 0 spiro atoms. The Morgan fingerprint density at radius 1 is 1.58 bits per heavy atom. The zero-order valence-electron chi connectivity index (χ0n) is 11.3. The Balaban J connectivity index is 2.94. The van der Waals surface area contributed by atoms with Crippen LogP contribution in [0.25, 0.3) is 0 Å². The van der Waals surface area contributed by atoms with E-state index < -0.39 is 48.5 Å². The Morgan fingerprint density at radius 2 is 2.16 bits per heavy atom. The summed E-state index contributed by atoms with van der Waals surface area (Å²) in [6.45, 7) is 2.82. The van der Waals surface area contributed by atoms with Crippen LogP contribution in [-0.2, 0) is 14.3 Å². The summed E-state index contributed by atoms with van der Waals surface area (Å²) < 4.78 is 9.80. The second-order valence-electron chi connectivity index (χ2n) is 5.10. The van der Waals surface area contributed by atoms with E-state index in [4.69, 9.17) is 9.84 Å². The molecule has 0 aliphatic carbocycles. The predicted molar refractivity (Wildman–Crippen MR) is 63.9 cm³/mol. The van der Waals surface area contributed by atoms with E-state index in [2.05, 4.69) is 4.74 Å². The lowest BCUT2D eigenvalue weighted by Crippen LogP contribution is -2.58. The quantitative estimate of drug-likeness (QED) is 0.468. The lowest BCUT2D eigenvalue weighted by atomic mass is 9.81. The molecule has 0 saturated carbocycles. The summed E-state index contributed by atoms with van der Waals surface area (Å²) in [6, 6.07) is 0. The minimum atomic E-state index is -2.23. The lowest BCUT2D eigenvalue weighted by molar-refractivity contribution is -0.296. The maximum Gasteiger partial charge on any atom is 0.366 e. The van der Waals surface area contributed by atoms with Crippen molar-refractivity contribution in [3.05, 3.63) is 0 Å². The highest BCUT2D eigenvalue weighted by Crippen LogP contribution is 2.36. The van der Waals surface area contributed by atoms with Gasteiger partial charge in [0.25, 0.3) is 5.79 Å². The van der Waals surface area contributed by atoms with Crippen molar-refractivity contribution in [2.75, 3.05) is 13.7 Å². The molecule has 0 aromatic carbocycles. The summed E-state index contributed by atoms with van der Waals surface area (Å²) in [7, 11) is 1.11. The van der Waals surface area contributed by atoms with E-state index in [1.165, 1.54) is 0 Å². The van der Waals surface area contributed by atoms with Gasteiger partial charge in [-0.05, 0) is 0 Å². The second kappa shape index (κ2) is 6.15. The van der Waals surface area contributed by atoms with Gasteiger partial charge in [0, 0.05) is 18.3 Å². The number of hydrogen-bond donors (Lipinski definition) is 4. The van der Waals surface area contributed by atoms with Crippen LogP contribution in [0.5, 0.6) is 0 Å². The molecule has 7 nitrogen and oxygen atoms in total. The van der Waals surface area contributed by atoms with Crippen LogP contribution in [0.1, 0.15) is 20.3 Å². The van der Waals surface area contributed by atoms with Gasteiger partial charge in [0.1, 0.15) is 0 Å². The minimum absolute atomic E-state index is 0.292. The van der Waals surface area contributed by atoms with Crippen molar-refractivity contribution < 1.29 is 34.7 Å². The number of hydrogen-bond acceptors (Lipinski definition) is 7. The first-order valence-corrected chi connectivity index (χ1v) is 6.22. The molecule has 4 N–H and O–H groups in total. The highest BCUT2D eigenvalue weighted by molar-refractivity contribution is 5.77. The van der Waals surface area contributed by atoms with E-state index in [0.717, 1.165) is 7.11 Å². The molecule has 0 bridgehead atoms. The maximum atomic E-state index is 11.5. The smallest absolute Gasteiger partial charge is 0.366 e. The minimum Gasteiger partial charge on any atom is -0.465 e. The molecule has 0 aromatic rings. The Kier molecular flexibility index (Phi) is 5.28.